The summed E-state index contributed by atoms with van der Waals surface area (Å²) in [6.45, 7) is 15.2. The largest absolute Gasteiger partial charge is 0.472 e. The van der Waals surface area contributed by atoms with E-state index in [9.17, 15) is 24.3 Å². The van der Waals surface area contributed by atoms with Crippen molar-refractivity contribution in [2.75, 3.05) is 73.6 Å². The van der Waals surface area contributed by atoms with Crippen LogP contribution in [0.1, 0.15) is 97.8 Å². The predicted molar refractivity (Wildman–Crippen MR) is 196 cm³/mol. The van der Waals surface area contributed by atoms with Gasteiger partial charge in [0, 0.05) is 77.2 Å². The zero-order valence-corrected chi connectivity index (χ0v) is 32.0. The summed E-state index contributed by atoms with van der Waals surface area (Å²) in [7, 11) is -4.78. The van der Waals surface area contributed by atoms with E-state index in [1.165, 1.54) is 25.7 Å². The number of rotatable bonds is 8. The first-order valence-electron chi connectivity index (χ1n) is 20.1. The van der Waals surface area contributed by atoms with E-state index in [1.807, 2.05) is 0 Å². The standard InChI is InChI=1S/C38H61N6O6P/c1-26-22-30-28-9-8-27-24-38(46,50-51(47,48)49)13-12-36(27,2)29(28)10-11-37(30,3)34(26)31(45)25-41-18-20-43(21-19-41)33-23-32(42-14-4-5-15-42)39-35(40-33)44-16-6-7-17-44/h23,26-30,34,46H,4-22,24-25H2,1-3H3,(H2,47,48,49)/t26-,27+,28-,29+,30+,34-,36+,37+,38+/m1/s1. The maximum absolute atomic E-state index is 14.4. The molecule has 1 aromatic heterocycles. The lowest BCUT2D eigenvalue weighted by atomic mass is 9.44. The van der Waals surface area contributed by atoms with E-state index in [0.717, 1.165) is 102 Å². The number of piperazine rings is 1. The van der Waals surface area contributed by atoms with Crippen LogP contribution in [0.15, 0.2) is 6.07 Å². The van der Waals surface area contributed by atoms with Crippen LogP contribution in [0.4, 0.5) is 17.6 Å². The number of ketones is 1. The van der Waals surface area contributed by atoms with Gasteiger partial charge in [-0.25, -0.2) is 4.57 Å². The molecule has 284 valence electrons. The molecule has 3 aliphatic heterocycles. The van der Waals surface area contributed by atoms with E-state index in [1.54, 1.807) is 0 Å². The number of Topliss-reactive ketones (excluding diaryl/α,β-unsaturated/α-hetero) is 1. The number of hydrogen-bond acceptors (Lipinski definition) is 10. The van der Waals surface area contributed by atoms with Crippen molar-refractivity contribution in [3.63, 3.8) is 0 Å². The summed E-state index contributed by atoms with van der Waals surface area (Å²) in [6, 6.07) is 2.20. The molecule has 4 aliphatic carbocycles. The Bertz CT molecular complexity index is 1470. The average Bonchev–Trinajstić information content (AvgIpc) is 3.86. The van der Waals surface area contributed by atoms with Gasteiger partial charge in [-0.3, -0.25) is 14.2 Å². The number of carbonyl (C=O) groups excluding carboxylic acids is 1. The second-order valence-electron chi connectivity index (χ2n) is 18.1. The van der Waals surface area contributed by atoms with Crippen LogP contribution in [0.3, 0.4) is 0 Å². The first-order chi connectivity index (χ1) is 24.2. The zero-order valence-electron chi connectivity index (χ0n) is 31.1. The molecule has 0 aromatic carbocycles. The van der Waals surface area contributed by atoms with Gasteiger partial charge < -0.3 is 29.6 Å². The molecular formula is C38H61N6O6P. The van der Waals surface area contributed by atoms with Crippen molar-refractivity contribution >= 4 is 31.2 Å². The summed E-state index contributed by atoms with van der Waals surface area (Å²) in [5.41, 5.74) is 0.00836. The van der Waals surface area contributed by atoms with Crippen LogP contribution >= 0.6 is 7.82 Å². The van der Waals surface area contributed by atoms with Gasteiger partial charge in [0.05, 0.1) is 6.54 Å². The van der Waals surface area contributed by atoms with Gasteiger partial charge in [-0.2, -0.15) is 9.97 Å². The fourth-order valence-electron chi connectivity index (χ4n) is 12.8. The van der Waals surface area contributed by atoms with Crippen LogP contribution in [0.2, 0.25) is 0 Å². The first-order valence-corrected chi connectivity index (χ1v) is 21.7. The van der Waals surface area contributed by atoms with Gasteiger partial charge in [0.15, 0.2) is 11.6 Å². The van der Waals surface area contributed by atoms with Crippen LogP contribution in [0.25, 0.3) is 0 Å². The van der Waals surface area contributed by atoms with Crippen molar-refractivity contribution in [3.8, 4) is 0 Å². The lowest BCUT2D eigenvalue weighted by Crippen LogP contribution is -2.56. The summed E-state index contributed by atoms with van der Waals surface area (Å²) in [4.78, 5) is 52.9. The predicted octanol–water partition coefficient (Wildman–Crippen LogP) is 5.07. The average molecular weight is 729 g/mol. The first kappa shape index (κ1) is 36.2. The van der Waals surface area contributed by atoms with Crippen molar-refractivity contribution < 1.29 is 28.8 Å². The Hall–Kier alpha value is -1.82. The van der Waals surface area contributed by atoms with E-state index in [4.69, 9.17) is 14.5 Å². The summed E-state index contributed by atoms with van der Waals surface area (Å²) in [5.74, 6) is 3.79. The summed E-state index contributed by atoms with van der Waals surface area (Å²) in [6.07, 6.45) is 11.3. The summed E-state index contributed by atoms with van der Waals surface area (Å²) in [5, 5.41) is 11.0. The lowest BCUT2D eigenvalue weighted by molar-refractivity contribution is -0.224. The lowest BCUT2D eigenvalue weighted by Gasteiger charge is -2.61. The van der Waals surface area contributed by atoms with Gasteiger partial charge in [0.25, 0.3) is 0 Å². The number of anilines is 3. The number of carbonyl (C=O) groups is 1. The SMILES string of the molecule is C[C@@H]1C[C@H]2[C@@H]3CC[C@H]4C[C@@](O)(OP(=O)(O)O)CC[C@]4(C)[C@H]3CC[C@]2(C)[C@H]1C(=O)CN1CCN(c2cc(N3CCCC3)nc(N3CCCC3)n2)CC1. The minimum absolute atomic E-state index is 0.000518. The molecule has 0 radical (unpaired) electrons. The minimum Gasteiger partial charge on any atom is -0.365 e. The number of phosphoric acid groups is 1. The van der Waals surface area contributed by atoms with Crippen LogP contribution in [0.5, 0.6) is 0 Å². The fourth-order valence-corrected chi connectivity index (χ4v) is 13.4. The maximum atomic E-state index is 14.4. The smallest absolute Gasteiger partial charge is 0.365 e. The normalized spacial score (nSPS) is 40.3. The molecule has 0 amide bonds. The summed E-state index contributed by atoms with van der Waals surface area (Å²) < 4.78 is 16.6. The number of fused-ring (bicyclic) bond motifs is 5. The van der Waals surface area contributed by atoms with Crippen molar-refractivity contribution in [2.24, 2.45) is 46.3 Å². The number of phosphoric ester groups is 1. The molecule has 0 bridgehead atoms. The van der Waals surface area contributed by atoms with Crippen LogP contribution in [-0.4, -0.2) is 100 Å². The van der Waals surface area contributed by atoms with Gasteiger partial charge in [0.1, 0.15) is 11.6 Å². The number of aromatic nitrogens is 2. The van der Waals surface area contributed by atoms with Gasteiger partial charge >= 0.3 is 7.82 Å². The van der Waals surface area contributed by atoms with E-state index >= 15 is 0 Å². The monoisotopic (exact) mass is 728 g/mol. The van der Waals surface area contributed by atoms with Gasteiger partial charge in [0.2, 0.25) is 5.95 Å². The van der Waals surface area contributed by atoms with E-state index in [0.29, 0.717) is 42.4 Å². The van der Waals surface area contributed by atoms with Crippen molar-refractivity contribution in [3.05, 3.63) is 6.07 Å². The third-order valence-electron chi connectivity index (χ3n) is 15.2. The molecule has 0 unspecified atom stereocenters. The minimum atomic E-state index is -4.78. The van der Waals surface area contributed by atoms with Gasteiger partial charge in [-0.15, -0.1) is 0 Å². The molecule has 51 heavy (non-hydrogen) atoms. The third-order valence-corrected chi connectivity index (χ3v) is 15.8. The second-order valence-corrected chi connectivity index (χ2v) is 19.3. The molecule has 4 heterocycles. The van der Waals surface area contributed by atoms with Crippen LogP contribution in [0, 0.1) is 46.3 Å². The molecular weight excluding hydrogens is 667 g/mol. The highest BCUT2D eigenvalue weighted by Crippen LogP contribution is 2.69. The van der Waals surface area contributed by atoms with Crippen molar-refractivity contribution in [1.82, 2.24) is 14.9 Å². The third kappa shape index (κ3) is 6.77. The van der Waals surface area contributed by atoms with Gasteiger partial charge in [-0.05, 0) is 105 Å². The Balaban J connectivity index is 0.908. The van der Waals surface area contributed by atoms with Crippen molar-refractivity contribution in [1.29, 1.82) is 0 Å². The second kappa shape index (κ2) is 13.5. The Morgan fingerprint density at radius 2 is 1.47 bits per heavy atom. The van der Waals surface area contributed by atoms with E-state index < -0.39 is 13.6 Å². The topological polar surface area (TPSA) is 143 Å². The van der Waals surface area contributed by atoms with Crippen molar-refractivity contribution in [2.45, 2.75) is 104 Å². The molecule has 8 rings (SSSR count). The molecule has 12 nitrogen and oxygen atoms in total. The van der Waals surface area contributed by atoms with Crippen LogP contribution in [-0.2, 0) is 13.9 Å². The molecule has 4 saturated carbocycles. The highest BCUT2D eigenvalue weighted by atomic mass is 31.2. The maximum Gasteiger partial charge on any atom is 0.472 e. The van der Waals surface area contributed by atoms with Gasteiger partial charge in [-0.1, -0.05) is 20.8 Å². The molecule has 13 heteroatoms. The molecule has 0 spiro atoms. The Labute approximate surface area is 303 Å². The molecule has 7 fully saturated rings. The molecule has 9 atom stereocenters. The molecule has 1 aromatic rings. The fraction of sp³-hybridized carbons (Fsp3) is 0.868. The highest BCUT2D eigenvalue weighted by Gasteiger charge is 2.64. The van der Waals surface area contributed by atoms with Crippen LogP contribution < -0.4 is 14.7 Å². The van der Waals surface area contributed by atoms with E-state index in [-0.39, 0.29) is 35.5 Å². The number of hydrogen-bond donors (Lipinski definition) is 3. The number of aliphatic hydroxyl groups is 1. The zero-order chi connectivity index (χ0) is 35.8. The Morgan fingerprint density at radius 1 is 0.843 bits per heavy atom. The Morgan fingerprint density at radius 3 is 2.12 bits per heavy atom. The highest BCUT2D eigenvalue weighted by molar-refractivity contribution is 7.46. The molecule has 7 aliphatic rings. The number of nitrogens with zero attached hydrogens (tertiary/aromatic N) is 6. The summed E-state index contributed by atoms with van der Waals surface area (Å²) >= 11 is 0. The quantitative estimate of drug-likeness (QED) is 0.243. The van der Waals surface area contributed by atoms with E-state index in [2.05, 4.69) is 46.4 Å². The Kier molecular flexibility index (Phi) is 9.56. The molecule has 3 N–H and O–H groups in total. The molecule has 3 saturated heterocycles.